The number of aromatic nitrogens is 3. The summed E-state index contributed by atoms with van der Waals surface area (Å²) in [4.78, 5) is 14.7. The first-order valence-corrected chi connectivity index (χ1v) is 8.76. The van der Waals surface area contributed by atoms with Crippen LogP contribution in [0.5, 0.6) is 0 Å². The maximum Gasteiger partial charge on any atom is 0.254 e. The molecule has 0 spiro atoms. The Morgan fingerprint density at radius 3 is 2.91 bits per heavy atom. The fraction of sp³-hybridized carbons (Fsp3) is 0.812. The van der Waals surface area contributed by atoms with Gasteiger partial charge in [0, 0.05) is 19.5 Å². The van der Waals surface area contributed by atoms with Crippen LogP contribution in [-0.4, -0.2) is 58.0 Å². The Morgan fingerprint density at radius 1 is 1.09 bits per heavy atom. The van der Waals surface area contributed by atoms with E-state index in [1.54, 1.807) is 0 Å². The van der Waals surface area contributed by atoms with Gasteiger partial charge < -0.3 is 18.9 Å². The van der Waals surface area contributed by atoms with Crippen LogP contribution in [0, 0.1) is 0 Å². The summed E-state index contributed by atoms with van der Waals surface area (Å²) in [5.74, 6) is 2.08. The van der Waals surface area contributed by atoms with Crippen molar-refractivity contribution >= 4 is 5.91 Å². The standard InChI is InChI=1S/C16H24N4O3/c21-16(13-11-22-9-10-23-13)19-8-4-5-12(19)15-18-17-14-6-2-1-3-7-20(14)15/h12-13H,1-11H2/t12-,13-/m0/s1. The minimum atomic E-state index is -0.462. The molecule has 1 amide bonds. The van der Waals surface area contributed by atoms with E-state index in [4.69, 9.17) is 9.47 Å². The number of aryl methyl sites for hydroxylation is 1. The quantitative estimate of drug-likeness (QED) is 0.816. The summed E-state index contributed by atoms with van der Waals surface area (Å²) in [5, 5.41) is 8.83. The first kappa shape index (κ1) is 15.1. The van der Waals surface area contributed by atoms with Crippen LogP contribution in [0.15, 0.2) is 0 Å². The molecule has 4 heterocycles. The van der Waals surface area contributed by atoms with Crippen molar-refractivity contribution in [3.63, 3.8) is 0 Å². The SMILES string of the molecule is O=C([C@@H]1COCCO1)N1CCC[C@H]1c1nnc2n1CCCCC2. The molecule has 3 aliphatic heterocycles. The molecular formula is C16H24N4O3. The Kier molecular flexibility index (Phi) is 4.31. The zero-order valence-electron chi connectivity index (χ0n) is 13.4. The number of nitrogens with zero attached hydrogens (tertiary/aromatic N) is 4. The third kappa shape index (κ3) is 2.87. The number of likely N-dealkylation sites (tertiary alicyclic amines) is 1. The smallest absolute Gasteiger partial charge is 0.254 e. The van der Waals surface area contributed by atoms with Crippen molar-refractivity contribution in [2.45, 2.75) is 57.2 Å². The lowest BCUT2D eigenvalue weighted by atomic mass is 10.2. The van der Waals surface area contributed by atoms with Gasteiger partial charge in [0.25, 0.3) is 5.91 Å². The van der Waals surface area contributed by atoms with Crippen molar-refractivity contribution in [3.8, 4) is 0 Å². The topological polar surface area (TPSA) is 69.5 Å². The summed E-state index contributed by atoms with van der Waals surface area (Å²) in [7, 11) is 0. The second kappa shape index (κ2) is 6.57. The number of carbonyl (C=O) groups is 1. The lowest BCUT2D eigenvalue weighted by Gasteiger charge is -2.30. The molecule has 0 N–H and O–H groups in total. The highest BCUT2D eigenvalue weighted by Crippen LogP contribution is 2.33. The van der Waals surface area contributed by atoms with Crippen molar-refractivity contribution < 1.29 is 14.3 Å². The fourth-order valence-electron chi connectivity index (χ4n) is 3.87. The summed E-state index contributed by atoms with van der Waals surface area (Å²) in [5.41, 5.74) is 0. The molecule has 3 aliphatic rings. The Hall–Kier alpha value is -1.47. The van der Waals surface area contributed by atoms with E-state index in [0.717, 1.165) is 50.4 Å². The molecule has 1 aromatic rings. The van der Waals surface area contributed by atoms with Crippen LogP contribution in [0.4, 0.5) is 0 Å². The molecule has 0 radical (unpaired) electrons. The normalized spacial score (nSPS) is 28.4. The van der Waals surface area contributed by atoms with E-state index in [2.05, 4.69) is 14.8 Å². The predicted molar refractivity (Wildman–Crippen MR) is 81.8 cm³/mol. The van der Waals surface area contributed by atoms with E-state index in [-0.39, 0.29) is 11.9 Å². The van der Waals surface area contributed by atoms with Crippen molar-refractivity contribution in [1.82, 2.24) is 19.7 Å². The average Bonchev–Trinajstić information content (AvgIpc) is 3.16. The van der Waals surface area contributed by atoms with Crippen LogP contribution in [0.1, 0.15) is 49.8 Å². The highest BCUT2D eigenvalue weighted by molar-refractivity contribution is 5.81. The van der Waals surface area contributed by atoms with E-state index in [0.29, 0.717) is 19.8 Å². The van der Waals surface area contributed by atoms with Gasteiger partial charge in [0.15, 0.2) is 11.9 Å². The third-order valence-corrected chi connectivity index (χ3v) is 5.06. The molecule has 126 valence electrons. The molecule has 7 nitrogen and oxygen atoms in total. The van der Waals surface area contributed by atoms with Crippen molar-refractivity contribution in [3.05, 3.63) is 11.6 Å². The van der Waals surface area contributed by atoms with Gasteiger partial charge in [0.2, 0.25) is 0 Å². The van der Waals surface area contributed by atoms with E-state index in [1.807, 2.05) is 4.90 Å². The molecule has 2 fully saturated rings. The first-order chi connectivity index (χ1) is 11.3. The maximum atomic E-state index is 12.8. The van der Waals surface area contributed by atoms with Crippen molar-refractivity contribution in [2.24, 2.45) is 0 Å². The van der Waals surface area contributed by atoms with Gasteiger partial charge in [-0.1, -0.05) is 6.42 Å². The molecule has 7 heteroatoms. The van der Waals surface area contributed by atoms with Gasteiger partial charge in [0.1, 0.15) is 5.82 Å². The van der Waals surface area contributed by atoms with Gasteiger partial charge >= 0.3 is 0 Å². The van der Waals surface area contributed by atoms with Crippen LogP contribution in [0.3, 0.4) is 0 Å². The largest absolute Gasteiger partial charge is 0.376 e. The zero-order valence-corrected chi connectivity index (χ0v) is 13.4. The molecule has 4 rings (SSSR count). The summed E-state index contributed by atoms with van der Waals surface area (Å²) in [6, 6.07) is 0.0346. The summed E-state index contributed by atoms with van der Waals surface area (Å²) >= 11 is 0. The molecule has 0 saturated carbocycles. The van der Waals surface area contributed by atoms with Crippen LogP contribution in [0.25, 0.3) is 0 Å². The predicted octanol–water partition coefficient (Wildman–Crippen LogP) is 1.08. The monoisotopic (exact) mass is 320 g/mol. The molecule has 0 unspecified atom stereocenters. The highest BCUT2D eigenvalue weighted by Gasteiger charge is 2.38. The number of fused-ring (bicyclic) bond motifs is 1. The molecule has 23 heavy (non-hydrogen) atoms. The van der Waals surface area contributed by atoms with E-state index in [1.165, 1.54) is 12.8 Å². The van der Waals surface area contributed by atoms with Crippen LogP contribution in [-0.2, 0) is 27.2 Å². The van der Waals surface area contributed by atoms with Crippen LogP contribution >= 0.6 is 0 Å². The Morgan fingerprint density at radius 2 is 2.04 bits per heavy atom. The molecule has 2 atom stereocenters. The molecule has 2 saturated heterocycles. The summed E-state index contributed by atoms with van der Waals surface area (Å²) in [6.07, 6.45) is 6.08. The molecule has 0 aliphatic carbocycles. The number of ether oxygens (including phenoxy) is 2. The summed E-state index contributed by atoms with van der Waals surface area (Å²) in [6.45, 7) is 3.17. The number of carbonyl (C=O) groups excluding carboxylic acids is 1. The number of hydrogen-bond donors (Lipinski definition) is 0. The lowest BCUT2D eigenvalue weighted by molar-refractivity contribution is -0.159. The van der Waals surface area contributed by atoms with E-state index < -0.39 is 6.10 Å². The second-order valence-electron chi connectivity index (χ2n) is 6.56. The maximum absolute atomic E-state index is 12.8. The van der Waals surface area contributed by atoms with Gasteiger partial charge in [-0.05, 0) is 25.7 Å². The Bertz CT molecular complexity index is 568. The van der Waals surface area contributed by atoms with Gasteiger partial charge in [0.05, 0.1) is 25.9 Å². The zero-order chi connectivity index (χ0) is 15.6. The lowest BCUT2D eigenvalue weighted by Crippen LogP contribution is -2.45. The molecular weight excluding hydrogens is 296 g/mol. The van der Waals surface area contributed by atoms with Crippen LogP contribution < -0.4 is 0 Å². The number of hydrogen-bond acceptors (Lipinski definition) is 5. The Balaban J connectivity index is 1.56. The van der Waals surface area contributed by atoms with Gasteiger partial charge in [-0.3, -0.25) is 4.79 Å². The van der Waals surface area contributed by atoms with Crippen molar-refractivity contribution in [1.29, 1.82) is 0 Å². The van der Waals surface area contributed by atoms with Gasteiger partial charge in [-0.2, -0.15) is 0 Å². The van der Waals surface area contributed by atoms with E-state index in [9.17, 15) is 4.79 Å². The number of amides is 1. The van der Waals surface area contributed by atoms with Gasteiger partial charge in [-0.25, -0.2) is 0 Å². The van der Waals surface area contributed by atoms with Crippen molar-refractivity contribution in [2.75, 3.05) is 26.4 Å². The fourth-order valence-corrected chi connectivity index (χ4v) is 3.87. The minimum absolute atomic E-state index is 0.0346. The average molecular weight is 320 g/mol. The molecule has 0 aromatic carbocycles. The van der Waals surface area contributed by atoms with Crippen LogP contribution in [0.2, 0.25) is 0 Å². The molecule has 1 aromatic heterocycles. The summed E-state index contributed by atoms with van der Waals surface area (Å²) < 4.78 is 13.2. The van der Waals surface area contributed by atoms with Gasteiger partial charge in [-0.15, -0.1) is 10.2 Å². The number of rotatable bonds is 2. The van der Waals surface area contributed by atoms with E-state index >= 15 is 0 Å². The Labute approximate surface area is 135 Å². The molecule has 0 bridgehead atoms. The highest BCUT2D eigenvalue weighted by atomic mass is 16.6. The minimum Gasteiger partial charge on any atom is -0.376 e. The second-order valence-corrected chi connectivity index (χ2v) is 6.56. The first-order valence-electron chi connectivity index (χ1n) is 8.76. The third-order valence-electron chi connectivity index (χ3n) is 5.06.